The van der Waals surface area contributed by atoms with E-state index in [1.807, 2.05) is 46.8 Å². The molecule has 3 N–H and O–H groups in total. The normalized spacial score (nSPS) is 14.2. The molecule has 0 aliphatic carbocycles. The van der Waals surface area contributed by atoms with Gasteiger partial charge in [0.1, 0.15) is 0 Å². The van der Waals surface area contributed by atoms with Crippen molar-refractivity contribution >= 4 is 11.8 Å². The van der Waals surface area contributed by atoms with E-state index in [1.54, 1.807) is 6.20 Å². The zero-order chi connectivity index (χ0) is 14.4. The van der Waals surface area contributed by atoms with E-state index in [2.05, 4.69) is 29.6 Å². The van der Waals surface area contributed by atoms with Crippen LogP contribution in [0.5, 0.6) is 0 Å². The summed E-state index contributed by atoms with van der Waals surface area (Å²) in [6.45, 7) is 4.42. The van der Waals surface area contributed by atoms with Gasteiger partial charge in [0.15, 0.2) is 0 Å². The average molecular weight is 291 g/mol. The van der Waals surface area contributed by atoms with E-state index in [-0.39, 0.29) is 6.04 Å². The van der Waals surface area contributed by atoms with Gasteiger partial charge in [-0.25, -0.2) is 4.68 Å². The summed E-state index contributed by atoms with van der Waals surface area (Å²) < 4.78 is 1.84. The molecule has 0 fully saturated rings. The quantitative estimate of drug-likeness (QED) is 0.605. The van der Waals surface area contributed by atoms with Crippen LogP contribution in [0.2, 0.25) is 0 Å². The molecule has 0 radical (unpaired) electrons. The second kappa shape index (κ2) is 7.42. The van der Waals surface area contributed by atoms with Crippen molar-refractivity contribution in [2.45, 2.75) is 31.6 Å². The number of hydrogen-bond donors (Lipinski definition) is 2. The third-order valence-corrected chi connectivity index (χ3v) is 4.69. The number of para-hydroxylation sites is 1. The summed E-state index contributed by atoms with van der Waals surface area (Å²) in [5.74, 6) is 6.60. The van der Waals surface area contributed by atoms with Crippen molar-refractivity contribution in [3.63, 3.8) is 0 Å². The number of hydrogen-bond acceptors (Lipinski definition) is 5. The molecule has 2 atom stereocenters. The van der Waals surface area contributed by atoms with Gasteiger partial charge in [-0.15, -0.1) is 5.10 Å². The Labute approximate surface area is 123 Å². The van der Waals surface area contributed by atoms with E-state index in [9.17, 15) is 0 Å². The summed E-state index contributed by atoms with van der Waals surface area (Å²) in [4.78, 5) is 0. The highest BCUT2D eigenvalue weighted by molar-refractivity contribution is 7.99. The topological polar surface area (TPSA) is 68.8 Å². The maximum Gasteiger partial charge on any atom is 0.0837 e. The molecule has 0 aliphatic rings. The van der Waals surface area contributed by atoms with Gasteiger partial charge in [0.2, 0.25) is 0 Å². The van der Waals surface area contributed by atoms with E-state index in [1.165, 1.54) is 0 Å². The molecule has 108 valence electrons. The fraction of sp³-hybridized carbons (Fsp3) is 0.429. The van der Waals surface area contributed by atoms with Crippen LogP contribution < -0.4 is 11.3 Å². The maximum atomic E-state index is 5.71. The zero-order valence-electron chi connectivity index (χ0n) is 11.9. The maximum absolute atomic E-state index is 5.71. The number of rotatable bonds is 7. The summed E-state index contributed by atoms with van der Waals surface area (Å²) >= 11 is 1.90. The molecule has 0 spiro atoms. The predicted octanol–water partition coefficient (Wildman–Crippen LogP) is 2.30. The number of aromatic nitrogens is 3. The van der Waals surface area contributed by atoms with Crippen LogP contribution in [-0.2, 0) is 0 Å². The number of nitrogens with one attached hydrogen (secondary N) is 1. The lowest BCUT2D eigenvalue weighted by Crippen LogP contribution is -2.31. The van der Waals surface area contributed by atoms with Crippen molar-refractivity contribution in [1.29, 1.82) is 0 Å². The lowest BCUT2D eigenvalue weighted by Gasteiger charge is -2.18. The predicted molar refractivity (Wildman–Crippen MR) is 83.6 cm³/mol. The number of thioether (sulfide) groups is 1. The van der Waals surface area contributed by atoms with Crippen molar-refractivity contribution in [2.24, 2.45) is 5.84 Å². The molecular formula is C14H21N5S. The average Bonchev–Trinajstić information content (AvgIpc) is 2.98. The molecule has 6 heteroatoms. The van der Waals surface area contributed by atoms with E-state index >= 15 is 0 Å². The molecule has 0 bridgehead atoms. The van der Waals surface area contributed by atoms with Crippen molar-refractivity contribution in [2.75, 3.05) is 5.75 Å². The molecule has 5 nitrogen and oxygen atoms in total. The molecule has 20 heavy (non-hydrogen) atoms. The fourth-order valence-corrected chi connectivity index (χ4v) is 2.87. The molecule has 0 saturated carbocycles. The standard InChI is InChI=1S/C14H21N5S/c1-3-11(2)20-10-13(17-15)14-9-16-18-19(14)12-7-5-4-6-8-12/h4-9,11,13,17H,3,10,15H2,1-2H3. The van der Waals surface area contributed by atoms with Crippen LogP contribution in [0.1, 0.15) is 32.0 Å². The first-order valence-electron chi connectivity index (χ1n) is 6.80. The molecule has 1 heterocycles. The van der Waals surface area contributed by atoms with Crippen LogP contribution in [0, 0.1) is 0 Å². The van der Waals surface area contributed by atoms with Crippen LogP contribution in [-0.4, -0.2) is 26.0 Å². The Morgan fingerprint density at radius 2 is 2.10 bits per heavy atom. The van der Waals surface area contributed by atoms with Crippen LogP contribution in [0.25, 0.3) is 5.69 Å². The van der Waals surface area contributed by atoms with Crippen molar-refractivity contribution < 1.29 is 0 Å². The molecule has 0 saturated heterocycles. The van der Waals surface area contributed by atoms with E-state index in [0.29, 0.717) is 5.25 Å². The summed E-state index contributed by atoms with van der Waals surface area (Å²) in [5.41, 5.74) is 4.85. The molecule has 2 aromatic rings. The first-order chi connectivity index (χ1) is 9.76. The molecular weight excluding hydrogens is 270 g/mol. The first kappa shape index (κ1) is 15.0. The number of hydrazine groups is 1. The fourth-order valence-electron chi connectivity index (χ4n) is 1.85. The van der Waals surface area contributed by atoms with E-state index in [4.69, 9.17) is 5.84 Å². The Hall–Kier alpha value is -1.37. The number of nitrogens with zero attached hydrogens (tertiary/aromatic N) is 3. The third kappa shape index (κ3) is 3.59. The monoisotopic (exact) mass is 291 g/mol. The molecule has 1 aromatic carbocycles. The summed E-state index contributed by atoms with van der Waals surface area (Å²) in [6.07, 6.45) is 2.92. The first-order valence-corrected chi connectivity index (χ1v) is 7.84. The van der Waals surface area contributed by atoms with Gasteiger partial charge in [-0.3, -0.25) is 11.3 Å². The van der Waals surface area contributed by atoms with Crippen molar-refractivity contribution in [1.82, 2.24) is 20.4 Å². The Balaban J connectivity index is 2.17. The Kier molecular flexibility index (Phi) is 5.58. The van der Waals surface area contributed by atoms with E-state index in [0.717, 1.165) is 23.6 Å². The van der Waals surface area contributed by atoms with Gasteiger partial charge < -0.3 is 0 Å². The van der Waals surface area contributed by atoms with Crippen molar-refractivity contribution in [3.05, 3.63) is 42.2 Å². The minimum atomic E-state index is 0.0317. The zero-order valence-corrected chi connectivity index (χ0v) is 12.7. The lowest BCUT2D eigenvalue weighted by molar-refractivity contribution is 0.572. The van der Waals surface area contributed by atoms with Crippen LogP contribution in [0.4, 0.5) is 0 Å². The highest BCUT2D eigenvalue weighted by atomic mass is 32.2. The van der Waals surface area contributed by atoms with Gasteiger partial charge in [0, 0.05) is 11.0 Å². The van der Waals surface area contributed by atoms with Crippen molar-refractivity contribution in [3.8, 4) is 5.69 Å². The minimum Gasteiger partial charge on any atom is -0.271 e. The molecule has 1 aromatic heterocycles. The number of benzene rings is 1. The number of nitrogens with two attached hydrogens (primary N) is 1. The Morgan fingerprint density at radius 3 is 2.75 bits per heavy atom. The second-order valence-electron chi connectivity index (χ2n) is 4.68. The van der Waals surface area contributed by atoms with Crippen LogP contribution >= 0.6 is 11.8 Å². The molecule has 0 aliphatic heterocycles. The second-order valence-corrected chi connectivity index (χ2v) is 6.15. The van der Waals surface area contributed by atoms with Crippen LogP contribution in [0.15, 0.2) is 36.5 Å². The highest BCUT2D eigenvalue weighted by Crippen LogP contribution is 2.23. The summed E-state index contributed by atoms with van der Waals surface area (Å²) in [7, 11) is 0. The van der Waals surface area contributed by atoms with Gasteiger partial charge in [-0.2, -0.15) is 11.8 Å². The Morgan fingerprint density at radius 1 is 1.35 bits per heavy atom. The minimum absolute atomic E-state index is 0.0317. The van der Waals surface area contributed by atoms with Gasteiger partial charge >= 0.3 is 0 Å². The van der Waals surface area contributed by atoms with Gasteiger partial charge in [0.05, 0.1) is 23.6 Å². The highest BCUT2D eigenvalue weighted by Gasteiger charge is 2.17. The summed E-state index contributed by atoms with van der Waals surface area (Å²) in [5, 5.41) is 8.80. The largest absolute Gasteiger partial charge is 0.271 e. The smallest absolute Gasteiger partial charge is 0.0837 e. The Bertz CT molecular complexity index is 513. The van der Waals surface area contributed by atoms with E-state index < -0.39 is 0 Å². The lowest BCUT2D eigenvalue weighted by atomic mass is 10.2. The third-order valence-electron chi connectivity index (χ3n) is 3.26. The molecule has 0 amide bonds. The van der Waals surface area contributed by atoms with Crippen LogP contribution in [0.3, 0.4) is 0 Å². The molecule has 2 unspecified atom stereocenters. The van der Waals surface area contributed by atoms with Gasteiger partial charge in [-0.1, -0.05) is 37.3 Å². The van der Waals surface area contributed by atoms with Gasteiger partial charge in [0.25, 0.3) is 0 Å². The SMILES string of the molecule is CCC(C)SCC(NN)c1cnnn1-c1ccccc1. The van der Waals surface area contributed by atoms with Gasteiger partial charge in [-0.05, 0) is 18.6 Å². The summed E-state index contributed by atoms with van der Waals surface area (Å²) in [6, 6.07) is 10.0. The molecule has 2 rings (SSSR count).